The third kappa shape index (κ3) is 19.6. The molecule has 8 fully saturated rings. The maximum Gasteiger partial charge on any atom is 0.110 e. The van der Waals surface area contributed by atoms with Gasteiger partial charge in [-0.2, -0.15) is 0 Å². The number of unbranched alkanes of at least 4 members (excludes halogenated alkanes) is 16. The Labute approximate surface area is 507 Å². The zero-order valence-corrected chi connectivity index (χ0v) is 53.8. The molecule has 19 heteroatoms. The summed E-state index contributed by atoms with van der Waals surface area (Å²) in [6, 6.07) is 0.778. The van der Waals surface area contributed by atoms with E-state index in [-0.39, 0.29) is 66.6 Å². The van der Waals surface area contributed by atoms with Crippen molar-refractivity contribution in [2.75, 3.05) is 52.6 Å². The summed E-state index contributed by atoms with van der Waals surface area (Å²) in [7, 11) is 0. The van der Waals surface area contributed by atoms with Crippen molar-refractivity contribution in [2.24, 2.45) is 5.92 Å². The second-order valence-corrected chi connectivity index (χ2v) is 26.1. The van der Waals surface area contributed by atoms with Crippen LogP contribution in [0.2, 0.25) is 0 Å². The van der Waals surface area contributed by atoms with E-state index in [0.717, 1.165) is 96.8 Å². The fraction of sp³-hybridized carbons (Fsp3) is 1.00. The lowest BCUT2D eigenvalue weighted by atomic mass is 9.84. The van der Waals surface area contributed by atoms with Gasteiger partial charge in [0.2, 0.25) is 0 Å². The maximum atomic E-state index is 10.3. The van der Waals surface area contributed by atoms with Crippen LogP contribution in [0.3, 0.4) is 0 Å². The Morgan fingerprint density at radius 3 is 0.762 bits per heavy atom. The Morgan fingerprint density at radius 2 is 0.464 bits per heavy atom. The van der Waals surface area contributed by atoms with Gasteiger partial charge < -0.3 is 75.1 Å². The van der Waals surface area contributed by atoms with Crippen LogP contribution in [-0.4, -0.2) is 268 Å². The Balaban J connectivity index is 0.000000205. The minimum atomic E-state index is -1.10. The van der Waals surface area contributed by atoms with Gasteiger partial charge in [-0.1, -0.05) is 165 Å². The van der Waals surface area contributed by atoms with E-state index in [4.69, 9.17) is 18.9 Å². The number of rotatable bonds is 36. The maximum absolute atomic E-state index is 10.3. The molecule has 0 aromatic rings. The van der Waals surface area contributed by atoms with E-state index >= 15 is 0 Å². The molecule has 0 spiro atoms. The summed E-state index contributed by atoms with van der Waals surface area (Å²) in [5.74, 6) is 0.141. The number of fused-ring (bicyclic) bond motifs is 4. The largest absolute Gasteiger partial charge is 0.390 e. The van der Waals surface area contributed by atoms with Crippen molar-refractivity contribution in [1.82, 2.24) is 19.6 Å². The van der Waals surface area contributed by atoms with E-state index in [0.29, 0.717) is 38.5 Å². The van der Waals surface area contributed by atoms with Crippen LogP contribution in [-0.2, 0) is 18.9 Å². The van der Waals surface area contributed by atoms with Gasteiger partial charge >= 0.3 is 0 Å². The van der Waals surface area contributed by atoms with Crippen LogP contribution in [0, 0.1) is 5.92 Å². The highest BCUT2D eigenvalue weighted by Gasteiger charge is 2.67. The van der Waals surface area contributed by atoms with Crippen LogP contribution in [0.25, 0.3) is 0 Å². The van der Waals surface area contributed by atoms with Crippen molar-refractivity contribution >= 4 is 0 Å². The molecule has 0 bridgehead atoms. The van der Waals surface area contributed by atoms with Crippen molar-refractivity contribution < 1.29 is 75.1 Å². The van der Waals surface area contributed by atoms with E-state index in [1.54, 1.807) is 0 Å². The van der Waals surface area contributed by atoms with E-state index < -0.39 is 67.1 Å². The molecule has 0 radical (unpaired) electrons. The number of nitrogens with zero attached hydrogens (tertiary/aromatic N) is 4. The van der Waals surface area contributed by atoms with Gasteiger partial charge in [-0.15, -0.1) is 0 Å². The SMILES string of the molecule is CCCCCCN1C2C(O)C(O)C(O)C(OCCCC)C21.CCCCCCOC1C(O)C(O)C(C)C2C1N2CCCC.CCCCCCOC1C(O)C(O)C(O)C2C1N2CCCCCC.CCCCOC1C(O)C(O)C(O)C2C1N2CCCC. The molecular formula is C65H126N4O15. The molecule has 0 amide bonds. The molecule has 4 aliphatic heterocycles. The first-order chi connectivity index (χ1) is 40.5. The number of hydrogen-bond donors (Lipinski definition) is 11. The third-order valence-electron chi connectivity index (χ3n) is 19.7. The molecule has 19 nitrogen and oxygen atoms in total. The third-order valence-corrected chi connectivity index (χ3v) is 19.7. The highest BCUT2D eigenvalue weighted by molar-refractivity contribution is 5.21. The van der Waals surface area contributed by atoms with Gasteiger partial charge in [0.1, 0.15) is 67.1 Å². The number of ether oxygens (including phenoxy) is 4. The van der Waals surface area contributed by atoms with Gasteiger partial charge in [0.15, 0.2) is 0 Å². The lowest BCUT2D eigenvalue weighted by molar-refractivity contribution is -0.140. The standard InChI is InChI=1S/C18H35NO4.C17H33NO3.C16H31NO4.C14H27NO4/c1-3-5-7-9-11-19-13-14(19)18(17(22)16(21)15(13)20)23-12-10-8-6-4-2;1-4-6-8-9-11-21-17-14-13(18(14)10-7-5-2)12(3)15(19)16(17)20;1-3-5-7-8-9-17-11-12(17)16(21-10-6-4-2)15(20)14(19)13(11)18;1-3-5-7-15-9-10(15)14(19-8-6-4-2)13(18)12(17)11(9)16/h13-18,20-22H,3-12H2,1-2H3;12-17,19-20H,4-11H2,1-3H3;11-16,18-20H,3-10H2,1-2H3;9-14,16-18H,3-8H2,1-2H3. The molecular weight excluding hydrogens is 1080 g/mol. The quantitative estimate of drug-likeness (QED) is 0.0295. The molecule has 28 atom stereocenters. The van der Waals surface area contributed by atoms with E-state index in [9.17, 15) is 56.2 Å². The minimum Gasteiger partial charge on any atom is -0.390 e. The molecule has 4 heterocycles. The molecule has 11 N–H and O–H groups in total. The number of aliphatic hydroxyl groups is 11. The first-order valence-corrected chi connectivity index (χ1v) is 34.5. The van der Waals surface area contributed by atoms with E-state index in [1.165, 1.54) is 83.5 Å². The molecule has 28 unspecified atom stereocenters. The highest BCUT2D eigenvalue weighted by atomic mass is 16.5. The second-order valence-electron chi connectivity index (χ2n) is 26.1. The first kappa shape index (κ1) is 74.0. The monoisotopic (exact) mass is 1200 g/mol. The van der Waals surface area contributed by atoms with Crippen molar-refractivity contribution in [1.29, 1.82) is 0 Å². The topological polar surface area (TPSA) is 271 Å². The molecule has 4 saturated heterocycles. The summed E-state index contributed by atoms with van der Waals surface area (Å²) in [5.41, 5.74) is 0. The molecule has 4 saturated carbocycles. The molecule has 496 valence electrons. The molecule has 0 aromatic heterocycles. The number of hydrogen-bond acceptors (Lipinski definition) is 19. The van der Waals surface area contributed by atoms with Gasteiger partial charge in [-0.3, -0.25) is 19.6 Å². The number of aliphatic hydroxyl groups excluding tert-OH is 11. The van der Waals surface area contributed by atoms with Crippen molar-refractivity contribution in [2.45, 2.75) is 356 Å². The number of likely N-dealkylation sites (tertiary alicyclic amines) is 4. The van der Waals surface area contributed by atoms with Crippen LogP contribution < -0.4 is 0 Å². The van der Waals surface area contributed by atoms with Crippen LogP contribution in [0.15, 0.2) is 0 Å². The zero-order valence-electron chi connectivity index (χ0n) is 53.8. The van der Waals surface area contributed by atoms with Gasteiger partial charge in [0.05, 0.1) is 66.7 Å². The van der Waals surface area contributed by atoms with Crippen LogP contribution in [0.1, 0.15) is 216 Å². The average molecular weight is 1200 g/mol. The Hall–Kier alpha value is -0.760. The van der Waals surface area contributed by atoms with Gasteiger partial charge in [0, 0.05) is 38.4 Å². The summed E-state index contributed by atoms with van der Waals surface area (Å²) < 4.78 is 23.4. The predicted octanol–water partition coefficient (Wildman–Crippen LogP) is 4.88. The second kappa shape index (κ2) is 38.2. The minimum absolute atomic E-state index is 0.0448. The molecule has 4 aliphatic carbocycles. The van der Waals surface area contributed by atoms with Crippen LogP contribution in [0.5, 0.6) is 0 Å². The van der Waals surface area contributed by atoms with E-state index in [2.05, 4.69) is 81.9 Å². The summed E-state index contributed by atoms with van der Waals surface area (Å²) in [6.45, 7) is 25.6. The predicted molar refractivity (Wildman–Crippen MR) is 328 cm³/mol. The Bertz CT molecular complexity index is 1740. The molecule has 8 aliphatic rings. The van der Waals surface area contributed by atoms with Crippen molar-refractivity contribution in [3.8, 4) is 0 Å². The van der Waals surface area contributed by atoms with E-state index in [1.807, 2.05) is 0 Å². The normalized spacial score (nSPS) is 41.9. The lowest BCUT2D eigenvalue weighted by Gasteiger charge is -2.34. The summed E-state index contributed by atoms with van der Waals surface area (Å²) in [5, 5.41) is 111. The lowest BCUT2D eigenvalue weighted by Crippen LogP contribution is -2.54. The van der Waals surface area contributed by atoms with Gasteiger partial charge in [-0.05, 0) is 77.5 Å². The molecule has 8 rings (SSSR count). The smallest absolute Gasteiger partial charge is 0.110 e. The highest BCUT2D eigenvalue weighted by Crippen LogP contribution is 2.47. The zero-order chi connectivity index (χ0) is 61.6. The molecule has 0 aromatic carbocycles. The van der Waals surface area contributed by atoms with Crippen molar-refractivity contribution in [3.63, 3.8) is 0 Å². The van der Waals surface area contributed by atoms with Gasteiger partial charge in [-0.25, -0.2) is 0 Å². The van der Waals surface area contributed by atoms with Crippen molar-refractivity contribution in [3.05, 3.63) is 0 Å². The van der Waals surface area contributed by atoms with Crippen LogP contribution in [0.4, 0.5) is 0 Å². The molecule has 84 heavy (non-hydrogen) atoms. The van der Waals surface area contributed by atoms with Crippen LogP contribution >= 0.6 is 0 Å². The summed E-state index contributed by atoms with van der Waals surface area (Å²) >= 11 is 0. The summed E-state index contributed by atoms with van der Waals surface area (Å²) in [4.78, 5) is 8.97. The van der Waals surface area contributed by atoms with Gasteiger partial charge in [0.25, 0.3) is 0 Å². The average Bonchev–Trinajstić information content (AvgIpc) is 1.98. The summed E-state index contributed by atoms with van der Waals surface area (Å²) in [6.07, 6.45) is 15.6. The first-order valence-electron chi connectivity index (χ1n) is 34.5. The Kier molecular flexibility index (Phi) is 33.6. The Morgan fingerprint density at radius 1 is 0.226 bits per heavy atom. The fourth-order valence-corrected chi connectivity index (χ4v) is 14.3. The fourth-order valence-electron chi connectivity index (χ4n) is 14.3.